The molecule has 2 aromatic rings. The summed E-state index contributed by atoms with van der Waals surface area (Å²) in [4.78, 5) is 8.39. The van der Waals surface area contributed by atoms with Gasteiger partial charge in [-0.25, -0.2) is 9.97 Å². The van der Waals surface area contributed by atoms with Crippen molar-refractivity contribution in [2.24, 2.45) is 0 Å². The van der Waals surface area contributed by atoms with Gasteiger partial charge in [-0.15, -0.1) is 0 Å². The molecule has 2 rings (SSSR count). The van der Waals surface area contributed by atoms with Crippen molar-refractivity contribution in [3.8, 4) is 0 Å². The smallest absolute Gasteiger partial charge is 0.158 e. The van der Waals surface area contributed by atoms with Crippen molar-refractivity contribution in [1.29, 1.82) is 0 Å². The van der Waals surface area contributed by atoms with Crippen molar-refractivity contribution in [2.45, 2.75) is 33.2 Å². The van der Waals surface area contributed by atoms with Gasteiger partial charge in [-0.05, 0) is 20.3 Å². The lowest BCUT2D eigenvalue weighted by Gasteiger charge is -2.11. The lowest BCUT2D eigenvalue weighted by atomic mass is 10.2. The summed E-state index contributed by atoms with van der Waals surface area (Å²) in [6.07, 6.45) is 2.62. The zero-order chi connectivity index (χ0) is 10.8. The van der Waals surface area contributed by atoms with Crippen LogP contribution >= 0.6 is 0 Å². The largest absolute Gasteiger partial charge is 0.366 e. The first-order valence-electron chi connectivity index (χ1n) is 5.14. The van der Waals surface area contributed by atoms with Gasteiger partial charge in [0.2, 0.25) is 0 Å². The topological polar surface area (TPSA) is 66.5 Å². The summed E-state index contributed by atoms with van der Waals surface area (Å²) in [6, 6.07) is 0.389. The highest BCUT2D eigenvalue weighted by atomic mass is 15.2. The molecule has 0 aliphatic rings. The molecule has 0 saturated heterocycles. The van der Waals surface area contributed by atoms with Crippen LogP contribution in [0, 0.1) is 6.92 Å². The molecular formula is C10H15N5. The number of hydrogen-bond donors (Lipinski definition) is 2. The number of hydrogen-bond acceptors (Lipinski definition) is 4. The Kier molecular flexibility index (Phi) is 2.53. The molecule has 0 aromatic carbocycles. The number of aromatic amines is 1. The van der Waals surface area contributed by atoms with Gasteiger partial charge in [0, 0.05) is 6.04 Å². The average Bonchev–Trinajstić information content (AvgIpc) is 2.62. The maximum absolute atomic E-state index is 4.20. The van der Waals surface area contributed by atoms with E-state index >= 15 is 0 Å². The van der Waals surface area contributed by atoms with Crippen LogP contribution in [0.2, 0.25) is 0 Å². The number of anilines is 1. The third-order valence-electron chi connectivity index (χ3n) is 2.51. The summed E-state index contributed by atoms with van der Waals surface area (Å²) in [5.41, 5.74) is 2.67. The second-order valence-electron chi connectivity index (χ2n) is 3.72. The second-order valence-corrected chi connectivity index (χ2v) is 3.72. The van der Waals surface area contributed by atoms with Gasteiger partial charge in [-0.3, -0.25) is 5.10 Å². The summed E-state index contributed by atoms with van der Waals surface area (Å²) in [5, 5.41) is 10.4. The van der Waals surface area contributed by atoms with Gasteiger partial charge < -0.3 is 5.32 Å². The standard InChI is InChI=1S/C10H15N5/c1-4-6(2)13-10-9-8(11-5-12-10)7(3)14-15-9/h5-6H,4H2,1-3H3,(H,14,15)(H,11,12,13)/t6-/m0/s1. The Morgan fingerprint density at radius 2 is 2.20 bits per heavy atom. The van der Waals surface area contributed by atoms with Crippen LogP contribution in [0.5, 0.6) is 0 Å². The Balaban J connectivity index is 2.43. The van der Waals surface area contributed by atoms with E-state index in [2.05, 4.69) is 39.3 Å². The van der Waals surface area contributed by atoms with Gasteiger partial charge in [0.15, 0.2) is 11.3 Å². The highest BCUT2D eigenvalue weighted by molar-refractivity contribution is 5.86. The van der Waals surface area contributed by atoms with E-state index in [0.717, 1.165) is 29.0 Å². The minimum absolute atomic E-state index is 0.389. The van der Waals surface area contributed by atoms with Crippen LogP contribution in [0.1, 0.15) is 26.0 Å². The van der Waals surface area contributed by atoms with E-state index in [1.807, 2.05) is 6.92 Å². The predicted molar refractivity (Wildman–Crippen MR) is 59.8 cm³/mol. The maximum Gasteiger partial charge on any atom is 0.158 e. The van der Waals surface area contributed by atoms with Crippen LogP contribution in [0.3, 0.4) is 0 Å². The summed E-state index contributed by atoms with van der Waals surface area (Å²) >= 11 is 0. The van der Waals surface area contributed by atoms with Crippen molar-refractivity contribution < 1.29 is 0 Å². The first-order valence-corrected chi connectivity index (χ1v) is 5.14. The van der Waals surface area contributed by atoms with Crippen molar-refractivity contribution in [3.05, 3.63) is 12.0 Å². The molecule has 0 unspecified atom stereocenters. The minimum atomic E-state index is 0.389. The molecule has 0 aliphatic heterocycles. The summed E-state index contributed by atoms with van der Waals surface area (Å²) < 4.78 is 0. The number of nitrogens with one attached hydrogen (secondary N) is 2. The Hall–Kier alpha value is -1.65. The van der Waals surface area contributed by atoms with Gasteiger partial charge in [0.05, 0.1) is 5.69 Å². The SMILES string of the molecule is CC[C@H](C)Nc1ncnc2c(C)[nH]nc12. The van der Waals surface area contributed by atoms with Crippen LogP contribution < -0.4 is 5.32 Å². The number of fused-ring (bicyclic) bond motifs is 1. The summed E-state index contributed by atoms with van der Waals surface area (Å²) in [5.74, 6) is 0.804. The Morgan fingerprint density at radius 3 is 2.93 bits per heavy atom. The number of aryl methyl sites for hydroxylation is 1. The zero-order valence-electron chi connectivity index (χ0n) is 9.20. The minimum Gasteiger partial charge on any atom is -0.366 e. The fourth-order valence-corrected chi connectivity index (χ4v) is 1.39. The van der Waals surface area contributed by atoms with E-state index in [1.165, 1.54) is 0 Å². The number of H-pyrrole nitrogens is 1. The molecular weight excluding hydrogens is 190 g/mol. The molecule has 2 aromatic heterocycles. The Bertz CT molecular complexity index is 462. The highest BCUT2D eigenvalue weighted by Crippen LogP contribution is 2.19. The molecule has 0 radical (unpaired) electrons. The lowest BCUT2D eigenvalue weighted by molar-refractivity contribution is 0.759. The van der Waals surface area contributed by atoms with E-state index in [9.17, 15) is 0 Å². The van der Waals surface area contributed by atoms with Crippen LogP contribution in [0.25, 0.3) is 11.0 Å². The molecule has 0 amide bonds. The lowest BCUT2D eigenvalue weighted by Crippen LogP contribution is -2.14. The van der Waals surface area contributed by atoms with Gasteiger partial charge in [0.25, 0.3) is 0 Å². The van der Waals surface area contributed by atoms with Crippen LogP contribution in [0.4, 0.5) is 5.82 Å². The second kappa shape index (κ2) is 3.84. The molecule has 5 heteroatoms. The first-order chi connectivity index (χ1) is 7.22. The summed E-state index contributed by atoms with van der Waals surface area (Å²) in [6.45, 7) is 6.20. The quantitative estimate of drug-likeness (QED) is 0.802. The van der Waals surface area contributed by atoms with Gasteiger partial charge >= 0.3 is 0 Å². The monoisotopic (exact) mass is 205 g/mol. The van der Waals surface area contributed by atoms with Crippen molar-refractivity contribution in [1.82, 2.24) is 20.2 Å². The molecule has 0 fully saturated rings. The third-order valence-corrected chi connectivity index (χ3v) is 2.51. The Morgan fingerprint density at radius 1 is 1.40 bits per heavy atom. The molecule has 1 atom stereocenters. The molecule has 0 saturated carbocycles. The number of nitrogens with zero attached hydrogens (tertiary/aromatic N) is 3. The maximum atomic E-state index is 4.20. The van der Waals surface area contributed by atoms with Crippen LogP contribution in [-0.2, 0) is 0 Å². The van der Waals surface area contributed by atoms with E-state index in [4.69, 9.17) is 0 Å². The number of aromatic nitrogens is 4. The first kappa shape index (κ1) is 9.89. The zero-order valence-corrected chi connectivity index (χ0v) is 9.20. The van der Waals surface area contributed by atoms with Crippen LogP contribution in [-0.4, -0.2) is 26.2 Å². The number of rotatable bonds is 3. The molecule has 5 nitrogen and oxygen atoms in total. The molecule has 0 bridgehead atoms. The summed E-state index contributed by atoms with van der Waals surface area (Å²) in [7, 11) is 0. The fourth-order valence-electron chi connectivity index (χ4n) is 1.39. The molecule has 0 aliphatic carbocycles. The van der Waals surface area contributed by atoms with Crippen molar-refractivity contribution >= 4 is 16.9 Å². The average molecular weight is 205 g/mol. The fraction of sp³-hybridized carbons (Fsp3) is 0.500. The molecule has 15 heavy (non-hydrogen) atoms. The molecule has 0 spiro atoms. The van der Waals surface area contributed by atoms with E-state index in [1.54, 1.807) is 6.33 Å². The van der Waals surface area contributed by atoms with Crippen molar-refractivity contribution in [2.75, 3.05) is 5.32 Å². The van der Waals surface area contributed by atoms with Crippen molar-refractivity contribution in [3.63, 3.8) is 0 Å². The molecule has 2 heterocycles. The van der Waals surface area contributed by atoms with Gasteiger partial charge in [-0.1, -0.05) is 6.92 Å². The van der Waals surface area contributed by atoms with E-state index in [-0.39, 0.29) is 0 Å². The van der Waals surface area contributed by atoms with Gasteiger partial charge in [0.1, 0.15) is 11.8 Å². The van der Waals surface area contributed by atoms with Crippen LogP contribution in [0.15, 0.2) is 6.33 Å². The normalized spacial score (nSPS) is 13.0. The molecule has 2 N–H and O–H groups in total. The van der Waals surface area contributed by atoms with E-state index < -0.39 is 0 Å². The highest BCUT2D eigenvalue weighted by Gasteiger charge is 2.10. The van der Waals surface area contributed by atoms with E-state index in [0.29, 0.717) is 6.04 Å². The predicted octanol–water partition coefficient (Wildman–Crippen LogP) is 1.87. The third kappa shape index (κ3) is 1.77. The van der Waals surface area contributed by atoms with Gasteiger partial charge in [-0.2, -0.15) is 5.10 Å². The molecule has 80 valence electrons. The Labute approximate surface area is 88.3 Å².